The van der Waals surface area contributed by atoms with Gasteiger partial charge in [-0.05, 0) is 36.2 Å². The maximum absolute atomic E-state index is 12.5. The normalized spacial score (nSPS) is 11.1. The van der Waals surface area contributed by atoms with Crippen LogP contribution < -0.4 is 14.2 Å². The predicted octanol–water partition coefficient (Wildman–Crippen LogP) is 3.46. The van der Waals surface area contributed by atoms with E-state index in [4.69, 9.17) is 9.47 Å². The van der Waals surface area contributed by atoms with E-state index < -0.39 is 10.0 Å². The molecule has 2 rings (SSSR count). The maximum atomic E-state index is 12.5. The standard InChI is InChI=1S/C17H21NO4S/c1-4-5-13-6-9-15(10-7-13)23(19,20)18-16-11-8-14(21-2)12-17(16)22-3/h6-12,18H,4-5H2,1-3H3. The molecule has 0 radical (unpaired) electrons. The van der Waals surface area contributed by atoms with E-state index >= 15 is 0 Å². The van der Waals surface area contributed by atoms with Gasteiger partial charge in [-0.2, -0.15) is 0 Å². The number of nitrogens with one attached hydrogen (secondary N) is 1. The third-order valence-electron chi connectivity index (χ3n) is 3.43. The predicted molar refractivity (Wildman–Crippen MR) is 90.8 cm³/mol. The second kappa shape index (κ2) is 7.37. The van der Waals surface area contributed by atoms with E-state index in [2.05, 4.69) is 11.6 Å². The Morgan fingerprint density at radius 2 is 1.70 bits per heavy atom. The number of hydrogen-bond acceptors (Lipinski definition) is 4. The van der Waals surface area contributed by atoms with Gasteiger partial charge in [0.05, 0.1) is 24.8 Å². The van der Waals surface area contributed by atoms with Crippen molar-refractivity contribution in [2.24, 2.45) is 0 Å². The summed E-state index contributed by atoms with van der Waals surface area (Å²) in [6.45, 7) is 2.09. The highest BCUT2D eigenvalue weighted by Gasteiger charge is 2.17. The summed E-state index contributed by atoms with van der Waals surface area (Å²) >= 11 is 0. The van der Waals surface area contributed by atoms with Crippen molar-refractivity contribution in [2.45, 2.75) is 24.7 Å². The maximum Gasteiger partial charge on any atom is 0.262 e. The molecule has 0 saturated carbocycles. The second-order valence-electron chi connectivity index (χ2n) is 5.07. The first-order valence-corrected chi connectivity index (χ1v) is 8.82. The molecule has 0 aromatic heterocycles. The first kappa shape index (κ1) is 17.1. The van der Waals surface area contributed by atoms with Gasteiger partial charge in [0.25, 0.3) is 10.0 Å². The van der Waals surface area contributed by atoms with Crippen LogP contribution in [0.25, 0.3) is 0 Å². The Hall–Kier alpha value is -2.21. The van der Waals surface area contributed by atoms with E-state index in [1.165, 1.54) is 14.2 Å². The lowest BCUT2D eigenvalue weighted by Crippen LogP contribution is -2.13. The third kappa shape index (κ3) is 4.16. The Labute approximate surface area is 137 Å². The molecule has 0 aliphatic carbocycles. The summed E-state index contributed by atoms with van der Waals surface area (Å²) in [5.74, 6) is 0.990. The third-order valence-corrected chi connectivity index (χ3v) is 4.81. The van der Waals surface area contributed by atoms with E-state index in [1.807, 2.05) is 12.1 Å². The minimum atomic E-state index is -3.67. The lowest BCUT2D eigenvalue weighted by molar-refractivity contribution is 0.395. The highest BCUT2D eigenvalue weighted by atomic mass is 32.2. The quantitative estimate of drug-likeness (QED) is 0.841. The number of methoxy groups -OCH3 is 2. The molecule has 1 N–H and O–H groups in total. The van der Waals surface area contributed by atoms with Crippen molar-refractivity contribution in [1.29, 1.82) is 0 Å². The number of sulfonamides is 1. The van der Waals surface area contributed by atoms with Crippen molar-refractivity contribution in [3.63, 3.8) is 0 Å². The van der Waals surface area contributed by atoms with Crippen LogP contribution in [0.5, 0.6) is 11.5 Å². The number of hydrogen-bond donors (Lipinski definition) is 1. The van der Waals surface area contributed by atoms with Crippen LogP contribution in [-0.2, 0) is 16.4 Å². The summed E-state index contributed by atoms with van der Waals surface area (Å²) in [5, 5.41) is 0. The molecule has 0 amide bonds. The van der Waals surface area contributed by atoms with Crippen LogP contribution in [0.4, 0.5) is 5.69 Å². The van der Waals surface area contributed by atoms with Crippen LogP contribution in [0.15, 0.2) is 47.4 Å². The van der Waals surface area contributed by atoms with E-state index in [0.717, 1.165) is 18.4 Å². The average molecular weight is 335 g/mol. The van der Waals surface area contributed by atoms with Crippen molar-refractivity contribution >= 4 is 15.7 Å². The molecule has 5 nitrogen and oxygen atoms in total. The Morgan fingerprint density at radius 3 is 2.26 bits per heavy atom. The molecule has 0 unspecified atom stereocenters. The number of anilines is 1. The minimum Gasteiger partial charge on any atom is -0.497 e. The van der Waals surface area contributed by atoms with Gasteiger partial charge in [0.1, 0.15) is 11.5 Å². The Kier molecular flexibility index (Phi) is 5.50. The molecular formula is C17H21NO4S. The van der Waals surface area contributed by atoms with Gasteiger partial charge in [-0.1, -0.05) is 25.5 Å². The topological polar surface area (TPSA) is 64.6 Å². The van der Waals surface area contributed by atoms with Gasteiger partial charge in [0, 0.05) is 6.07 Å². The van der Waals surface area contributed by atoms with Crippen molar-refractivity contribution in [3.05, 3.63) is 48.0 Å². The molecule has 6 heteroatoms. The van der Waals surface area contributed by atoms with E-state index in [9.17, 15) is 8.42 Å². The van der Waals surface area contributed by atoms with Crippen LogP contribution in [0.2, 0.25) is 0 Å². The van der Waals surface area contributed by atoms with Crippen molar-refractivity contribution in [1.82, 2.24) is 0 Å². The molecule has 124 valence electrons. The summed E-state index contributed by atoms with van der Waals surface area (Å²) in [6.07, 6.45) is 1.95. The fraction of sp³-hybridized carbons (Fsp3) is 0.294. The van der Waals surface area contributed by atoms with Gasteiger partial charge in [-0.25, -0.2) is 8.42 Å². The highest BCUT2D eigenvalue weighted by Crippen LogP contribution is 2.30. The molecule has 23 heavy (non-hydrogen) atoms. The Bertz CT molecular complexity index is 755. The van der Waals surface area contributed by atoms with Gasteiger partial charge >= 0.3 is 0 Å². The number of rotatable bonds is 7. The summed E-state index contributed by atoms with van der Waals surface area (Å²) in [7, 11) is -0.652. The van der Waals surface area contributed by atoms with E-state index in [0.29, 0.717) is 17.2 Å². The zero-order valence-electron chi connectivity index (χ0n) is 13.5. The molecule has 0 fully saturated rings. The first-order chi connectivity index (χ1) is 11.0. The lowest BCUT2D eigenvalue weighted by atomic mass is 10.1. The fourth-order valence-electron chi connectivity index (χ4n) is 2.21. The van der Waals surface area contributed by atoms with Crippen LogP contribution in [0.1, 0.15) is 18.9 Å². The summed E-state index contributed by atoms with van der Waals surface area (Å²) in [5.41, 5.74) is 1.49. The highest BCUT2D eigenvalue weighted by molar-refractivity contribution is 7.92. The van der Waals surface area contributed by atoms with Gasteiger partial charge in [0.2, 0.25) is 0 Å². The molecule has 2 aromatic rings. The van der Waals surface area contributed by atoms with E-state index in [1.54, 1.807) is 30.3 Å². The zero-order chi connectivity index (χ0) is 16.9. The van der Waals surface area contributed by atoms with Crippen LogP contribution >= 0.6 is 0 Å². The number of benzene rings is 2. The zero-order valence-corrected chi connectivity index (χ0v) is 14.3. The Morgan fingerprint density at radius 1 is 1.00 bits per heavy atom. The first-order valence-electron chi connectivity index (χ1n) is 7.34. The average Bonchev–Trinajstić information content (AvgIpc) is 2.55. The van der Waals surface area contributed by atoms with Gasteiger partial charge in [-0.3, -0.25) is 4.72 Å². The molecule has 0 aliphatic rings. The summed E-state index contributed by atoms with van der Waals surface area (Å²) in [4.78, 5) is 0.218. The molecule has 0 saturated heterocycles. The summed E-state index contributed by atoms with van der Waals surface area (Å²) in [6, 6.07) is 11.8. The summed E-state index contributed by atoms with van der Waals surface area (Å²) < 4.78 is 37.9. The molecule has 0 bridgehead atoms. The number of aryl methyl sites for hydroxylation is 1. The van der Waals surface area contributed by atoms with Crippen LogP contribution in [0.3, 0.4) is 0 Å². The lowest BCUT2D eigenvalue weighted by Gasteiger charge is -2.13. The van der Waals surface area contributed by atoms with E-state index in [-0.39, 0.29) is 4.90 Å². The second-order valence-corrected chi connectivity index (χ2v) is 6.75. The largest absolute Gasteiger partial charge is 0.497 e. The monoisotopic (exact) mass is 335 g/mol. The molecule has 0 aliphatic heterocycles. The smallest absolute Gasteiger partial charge is 0.262 e. The fourth-order valence-corrected chi connectivity index (χ4v) is 3.28. The Balaban J connectivity index is 2.27. The van der Waals surface area contributed by atoms with Gasteiger partial charge < -0.3 is 9.47 Å². The van der Waals surface area contributed by atoms with Crippen LogP contribution in [0, 0.1) is 0 Å². The van der Waals surface area contributed by atoms with Crippen molar-refractivity contribution in [3.8, 4) is 11.5 Å². The SMILES string of the molecule is CCCc1ccc(S(=O)(=O)Nc2ccc(OC)cc2OC)cc1. The minimum absolute atomic E-state index is 0.218. The molecule has 0 atom stereocenters. The molecule has 0 heterocycles. The number of ether oxygens (including phenoxy) is 2. The van der Waals surface area contributed by atoms with Gasteiger partial charge in [0.15, 0.2) is 0 Å². The van der Waals surface area contributed by atoms with Crippen molar-refractivity contribution < 1.29 is 17.9 Å². The van der Waals surface area contributed by atoms with Crippen LogP contribution in [-0.4, -0.2) is 22.6 Å². The molecule has 0 spiro atoms. The van der Waals surface area contributed by atoms with Crippen molar-refractivity contribution in [2.75, 3.05) is 18.9 Å². The van der Waals surface area contributed by atoms with Gasteiger partial charge in [-0.15, -0.1) is 0 Å². The molecule has 2 aromatic carbocycles. The molecular weight excluding hydrogens is 314 g/mol.